The lowest BCUT2D eigenvalue weighted by molar-refractivity contribution is 0.171. The van der Waals surface area contributed by atoms with Crippen molar-refractivity contribution in [1.82, 2.24) is 0 Å². The summed E-state index contributed by atoms with van der Waals surface area (Å²) >= 11 is 3.49. The molecule has 0 saturated heterocycles. The summed E-state index contributed by atoms with van der Waals surface area (Å²) < 4.78 is 12.3. The van der Waals surface area contributed by atoms with Crippen molar-refractivity contribution in [1.29, 1.82) is 0 Å². The molecule has 0 bridgehead atoms. The van der Waals surface area contributed by atoms with Gasteiger partial charge in [-0.25, -0.2) is 0 Å². The van der Waals surface area contributed by atoms with Gasteiger partial charge in [-0.1, -0.05) is 35.0 Å². The van der Waals surface area contributed by atoms with Gasteiger partial charge in [0.1, 0.15) is 17.6 Å². The van der Waals surface area contributed by atoms with E-state index in [2.05, 4.69) is 22.9 Å². The van der Waals surface area contributed by atoms with Gasteiger partial charge in [-0.05, 0) is 48.4 Å². The summed E-state index contributed by atoms with van der Waals surface area (Å²) in [6.07, 6.45) is 0.661. The Hall–Kier alpha value is -1.52. The van der Waals surface area contributed by atoms with Crippen molar-refractivity contribution in [3.63, 3.8) is 0 Å². The van der Waals surface area contributed by atoms with Crippen LogP contribution in [0.15, 0.2) is 53.0 Å². The zero-order valence-corrected chi connectivity index (χ0v) is 13.8. The molecule has 2 N–H and O–H groups in total. The molecule has 2 atom stereocenters. The van der Waals surface area contributed by atoms with E-state index in [1.165, 1.54) is 0 Å². The minimum absolute atomic E-state index is 0.0681. The van der Waals surface area contributed by atoms with Gasteiger partial charge < -0.3 is 15.2 Å². The molecule has 0 heterocycles. The first-order valence-electron chi connectivity index (χ1n) is 6.95. The third kappa shape index (κ3) is 4.22. The number of benzene rings is 2. The van der Waals surface area contributed by atoms with Crippen LogP contribution in [0.4, 0.5) is 0 Å². The summed E-state index contributed by atoms with van der Waals surface area (Å²) in [5.41, 5.74) is 7.30. The number of hydrogen-bond acceptors (Lipinski definition) is 3. The Kier molecular flexibility index (Phi) is 5.65. The van der Waals surface area contributed by atoms with Crippen LogP contribution in [0.1, 0.15) is 25.0 Å². The summed E-state index contributed by atoms with van der Waals surface area (Å²) in [6, 6.07) is 15.5. The van der Waals surface area contributed by atoms with Gasteiger partial charge in [0.05, 0.1) is 7.11 Å². The zero-order valence-electron chi connectivity index (χ0n) is 12.3. The summed E-state index contributed by atoms with van der Waals surface area (Å²) in [7, 11) is 1.65. The summed E-state index contributed by atoms with van der Waals surface area (Å²) in [5.74, 6) is 1.59. The SMILES string of the molecule is CCC(N)C(Oc1ccc(OC)cc1)c1cccc(Br)c1. The van der Waals surface area contributed by atoms with Crippen molar-refractivity contribution in [3.05, 3.63) is 58.6 Å². The molecule has 0 saturated carbocycles. The maximum Gasteiger partial charge on any atom is 0.139 e. The lowest BCUT2D eigenvalue weighted by Gasteiger charge is -2.25. The van der Waals surface area contributed by atoms with Crippen LogP contribution in [0.2, 0.25) is 0 Å². The van der Waals surface area contributed by atoms with Crippen LogP contribution in [0.5, 0.6) is 11.5 Å². The van der Waals surface area contributed by atoms with E-state index in [1.54, 1.807) is 7.11 Å². The molecular formula is C17H20BrNO2. The highest BCUT2D eigenvalue weighted by Gasteiger charge is 2.20. The second-order valence-electron chi connectivity index (χ2n) is 4.84. The monoisotopic (exact) mass is 349 g/mol. The highest BCUT2D eigenvalue weighted by molar-refractivity contribution is 9.10. The molecule has 0 aliphatic carbocycles. The van der Waals surface area contributed by atoms with E-state index in [-0.39, 0.29) is 12.1 Å². The average molecular weight is 350 g/mol. The lowest BCUT2D eigenvalue weighted by Crippen LogP contribution is -2.31. The van der Waals surface area contributed by atoms with E-state index < -0.39 is 0 Å². The third-order valence-corrected chi connectivity index (χ3v) is 3.85. The molecular weight excluding hydrogens is 330 g/mol. The van der Waals surface area contributed by atoms with E-state index >= 15 is 0 Å². The summed E-state index contributed by atoms with van der Waals surface area (Å²) in [5, 5.41) is 0. The zero-order chi connectivity index (χ0) is 15.2. The number of hydrogen-bond donors (Lipinski definition) is 1. The van der Waals surface area contributed by atoms with Crippen LogP contribution < -0.4 is 15.2 Å². The van der Waals surface area contributed by atoms with Gasteiger partial charge in [0, 0.05) is 10.5 Å². The number of halogens is 1. The molecule has 0 aromatic heterocycles. The van der Waals surface area contributed by atoms with E-state index in [0.29, 0.717) is 0 Å². The largest absolute Gasteiger partial charge is 0.497 e. The number of nitrogens with two attached hydrogens (primary N) is 1. The van der Waals surface area contributed by atoms with Crippen molar-refractivity contribution in [2.24, 2.45) is 5.73 Å². The fourth-order valence-corrected chi connectivity index (χ4v) is 2.52. The maximum atomic E-state index is 6.24. The molecule has 2 unspecified atom stereocenters. The Bertz CT molecular complexity index is 571. The van der Waals surface area contributed by atoms with Crippen molar-refractivity contribution in [2.75, 3.05) is 7.11 Å². The lowest BCUT2D eigenvalue weighted by atomic mass is 10.0. The quantitative estimate of drug-likeness (QED) is 0.844. The van der Waals surface area contributed by atoms with E-state index in [9.17, 15) is 0 Å². The Morgan fingerprint density at radius 2 is 1.76 bits per heavy atom. The third-order valence-electron chi connectivity index (χ3n) is 3.36. The van der Waals surface area contributed by atoms with E-state index in [0.717, 1.165) is 28.0 Å². The Morgan fingerprint density at radius 3 is 2.33 bits per heavy atom. The van der Waals surface area contributed by atoms with Gasteiger partial charge in [0.2, 0.25) is 0 Å². The smallest absolute Gasteiger partial charge is 0.139 e. The van der Waals surface area contributed by atoms with Crippen molar-refractivity contribution < 1.29 is 9.47 Å². The maximum absolute atomic E-state index is 6.24. The van der Waals surface area contributed by atoms with Crippen molar-refractivity contribution >= 4 is 15.9 Å². The minimum Gasteiger partial charge on any atom is -0.497 e. The number of methoxy groups -OCH3 is 1. The molecule has 4 heteroatoms. The van der Waals surface area contributed by atoms with Crippen LogP contribution in [0.25, 0.3) is 0 Å². The number of rotatable bonds is 6. The van der Waals surface area contributed by atoms with Gasteiger partial charge in [-0.15, -0.1) is 0 Å². The molecule has 0 spiro atoms. The van der Waals surface area contributed by atoms with Crippen LogP contribution in [0.3, 0.4) is 0 Å². The van der Waals surface area contributed by atoms with Gasteiger partial charge in [0.25, 0.3) is 0 Å². The number of ether oxygens (including phenoxy) is 2. The second-order valence-corrected chi connectivity index (χ2v) is 5.76. The first-order chi connectivity index (χ1) is 10.1. The van der Waals surface area contributed by atoms with Crippen molar-refractivity contribution in [3.8, 4) is 11.5 Å². The van der Waals surface area contributed by atoms with Crippen molar-refractivity contribution in [2.45, 2.75) is 25.5 Å². The summed E-state index contributed by atoms with van der Waals surface area (Å²) in [6.45, 7) is 2.06. The summed E-state index contributed by atoms with van der Waals surface area (Å²) in [4.78, 5) is 0. The van der Waals surface area contributed by atoms with Gasteiger partial charge >= 0.3 is 0 Å². The second kappa shape index (κ2) is 7.48. The molecule has 3 nitrogen and oxygen atoms in total. The molecule has 2 aromatic rings. The molecule has 2 aromatic carbocycles. The normalized spacial score (nSPS) is 13.5. The minimum atomic E-state index is -0.180. The average Bonchev–Trinajstić information content (AvgIpc) is 2.52. The van der Waals surface area contributed by atoms with Gasteiger partial charge in [0.15, 0.2) is 0 Å². The highest BCUT2D eigenvalue weighted by atomic mass is 79.9. The standard InChI is InChI=1S/C17H20BrNO2/c1-3-16(19)17(12-5-4-6-13(18)11-12)21-15-9-7-14(20-2)8-10-15/h4-11,16-17H,3,19H2,1-2H3. The highest BCUT2D eigenvalue weighted by Crippen LogP contribution is 2.28. The first kappa shape index (κ1) is 15.9. The van der Waals surface area contributed by atoms with Gasteiger partial charge in [-0.3, -0.25) is 0 Å². The Morgan fingerprint density at radius 1 is 1.10 bits per heavy atom. The molecule has 0 radical (unpaired) electrons. The molecule has 2 rings (SSSR count). The molecule has 0 aliphatic heterocycles. The fraction of sp³-hybridized carbons (Fsp3) is 0.294. The molecule has 0 fully saturated rings. The Labute approximate surface area is 134 Å². The fourth-order valence-electron chi connectivity index (χ4n) is 2.10. The molecule has 0 amide bonds. The predicted octanol–water partition coefficient (Wildman–Crippen LogP) is 4.32. The Balaban J connectivity index is 2.23. The van der Waals surface area contributed by atoms with Crippen LogP contribution in [0, 0.1) is 0 Å². The van der Waals surface area contributed by atoms with Gasteiger partial charge in [-0.2, -0.15) is 0 Å². The molecule has 21 heavy (non-hydrogen) atoms. The predicted molar refractivity (Wildman–Crippen MR) is 88.8 cm³/mol. The van der Waals surface area contributed by atoms with Crippen LogP contribution in [-0.4, -0.2) is 13.2 Å². The molecule has 0 aliphatic rings. The van der Waals surface area contributed by atoms with E-state index in [4.69, 9.17) is 15.2 Å². The topological polar surface area (TPSA) is 44.5 Å². The van der Waals surface area contributed by atoms with E-state index in [1.807, 2.05) is 48.5 Å². The van der Waals surface area contributed by atoms with Crippen LogP contribution >= 0.6 is 15.9 Å². The first-order valence-corrected chi connectivity index (χ1v) is 7.75. The van der Waals surface area contributed by atoms with Crippen LogP contribution in [-0.2, 0) is 0 Å². The molecule has 112 valence electrons.